The minimum Gasteiger partial charge on any atom is -0.366 e. The molecule has 6 nitrogen and oxygen atoms in total. The lowest BCUT2D eigenvalue weighted by molar-refractivity contribution is 1.09. The molecule has 0 saturated carbocycles. The Morgan fingerprint density at radius 2 is 1.81 bits per heavy atom. The van der Waals surface area contributed by atoms with Gasteiger partial charge in [-0.1, -0.05) is 18.2 Å². The number of rotatable bonds is 5. The standard InChI is InChI=1S/C21H18N6/c1-2-17-16(7-10-22-17)18(3-1)26-21-24-11-8-20(27-21)25-13-14-4-5-15-6-9-23-19(15)12-14/h1-12,22-23H,13H2,(H2,24,25,26,27). The van der Waals surface area contributed by atoms with Crippen LogP contribution in [0.15, 0.2) is 73.2 Å². The molecule has 6 heteroatoms. The van der Waals surface area contributed by atoms with Crippen molar-refractivity contribution in [3.63, 3.8) is 0 Å². The van der Waals surface area contributed by atoms with Gasteiger partial charge >= 0.3 is 0 Å². The first-order chi connectivity index (χ1) is 13.3. The van der Waals surface area contributed by atoms with Crippen LogP contribution in [0.1, 0.15) is 5.56 Å². The molecule has 3 heterocycles. The van der Waals surface area contributed by atoms with Gasteiger partial charge in [-0.25, -0.2) is 4.98 Å². The number of hydrogen-bond acceptors (Lipinski definition) is 4. The minimum atomic E-state index is 0.563. The van der Waals surface area contributed by atoms with Gasteiger partial charge in [0.1, 0.15) is 5.82 Å². The fourth-order valence-corrected chi connectivity index (χ4v) is 3.23. The van der Waals surface area contributed by atoms with Crippen LogP contribution in [0.2, 0.25) is 0 Å². The lowest BCUT2D eigenvalue weighted by Crippen LogP contribution is -2.04. The van der Waals surface area contributed by atoms with Gasteiger partial charge < -0.3 is 20.6 Å². The number of H-pyrrole nitrogens is 2. The van der Waals surface area contributed by atoms with Gasteiger partial charge in [-0.3, -0.25) is 0 Å². The molecule has 2 aromatic carbocycles. The van der Waals surface area contributed by atoms with Crippen molar-refractivity contribution >= 4 is 39.3 Å². The number of aromatic amines is 2. The number of benzene rings is 2. The maximum Gasteiger partial charge on any atom is 0.229 e. The first-order valence-electron chi connectivity index (χ1n) is 8.81. The summed E-state index contributed by atoms with van der Waals surface area (Å²) in [5.41, 5.74) is 4.38. The molecule has 0 fully saturated rings. The van der Waals surface area contributed by atoms with Crippen molar-refractivity contribution in [1.82, 2.24) is 19.9 Å². The van der Waals surface area contributed by atoms with Crippen LogP contribution in [0.5, 0.6) is 0 Å². The van der Waals surface area contributed by atoms with Crippen molar-refractivity contribution in [3.8, 4) is 0 Å². The first kappa shape index (κ1) is 15.5. The van der Waals surface area contributed by atoms with Crippen LogP contribution in [0.25, 0.3) is 21.8 Å². The molecule has 0 saturated heterocycles. The molecule has 0 aliphatic heterocycles. The Morgan fingerprint density at radius 3 is 2.81 bits per heavy atom. The second-order valence-corrected chi connectivity index (χ2v) is 6.39. The highest BCUT2D eigenvalue weighted by Gasteiger charge is 2.05. The van der Waals surface area contributed by atoms with E-state index in [1.807, 2.05) is 42.7 Å². The van der Waals surface area contributed by atoms with Gasteiger partial charge in [-0.15, -0.1) is 0 Å². The predicted molar refractivity (Wildman–Crippen MR) is 109 cm³/mol. The summed E-state index contributed by atoms with van der Waals surface area (Å²) >= 11 is 0. The van der Waals surface area contributed by atoms with Crippen molar-refractivity contribution in [2.24, 2.45) is 0 Å². The molecule has 27 heavy (non-hydrogen) atoms. The predicted octanol–water partition coefficient (Wildman–Crippen LogP) is 4.79. The molecular formula is C21H18N6. The molecule has 0 amide bonds. The van der Waals surface area contributed by atoms with Gasteiger partial charge in [0, 0.05) is 41.6 Å². The highest BCUT2D eigenvalue weighted by Crippen LogP contribution is 2.24. The second-order valence-electron chi connectivity index (χ2n) is 6.39. The summed E-state index contributed by atoms with van der Waals surface area (Å²) in [7, 11) is 0. The summed E-state index contributed by atoms with van der Waals surface area (Å²) in [5, 5.41) is 8.99. The van der Waals surface area contributed by atoms with Crippen molar-refractivity contribution in [3.05, 3.63) is 78.8 Å². The normalized spacial score (nSPS) is 11.1. The van der Waals surface area contributed by atoms with E-state index in [4.69, 9.17) is 0 Å². The summed E-state index contributed by atoms with van der Waals surface area (Å²) in [6, 6.07) is 18.4. The zero-order valence-corrected chi connectivity index (χ0v) is 14.5. The third-order valence-corrected chi connectivity index (χ3v) is 4.59. The molecule has 0 radical (unpaired) electrons. The Morgan fingerprint density at radius 1 is 0.889 bits per heavy atom. The summed E-state index contributed by atoms with van der Waals surface area (Å²) < 4.78 is 0. The van der Waals surface area contributed by atoms with Gasteiger partial charge in [0.05, 0.1) is 5.69 Å². The van der Waals surface area contributed by atoms with Crippen LogP contribution >= 0.6 is 0 Å². The third-order valence-electron chi connectivity index (χ3n) is 4.59. The Labute approximate surface area is 155 Å². The van der Waals surface area contributed by atoms with E-state index in [0.29, 0.717) is 12.5 Å². The molecule has 0 spiro atoms. The highest BCUT2D eigenvalue weighted by atomic mass is 15.1. The molecule has 0 unspecified atom stereocenters. The maximum absolute atomic E-state index is 4.58. The van der Waals surface area contributed by atoms with E-state index in [0.717, 1.165) is 27.9 Å². The van der Waals surface area contributed by atoms with Gasteiger partial charge in [0.2, 0.25) is 5.95 Å². The number of nitrogens with one attached hydrogen (secondary N) is 4. The van der Waals surface area contributed by atoms with Crippen LogP contribution in [0.3, 0.4) is 0 Å². The Hall–Kier alpha value is -3.80. The SMILES string of the molecule is c1cc(Nc2nccc(NCc3ccc4cc[nH]c4c3)n2)c2cc[nH]c2c1. The molecule has 0 aliphatic rings. The first-order valence-corrected chi connectivity index (χ1v) is 8.81. The van der Waals surface area contributed by atoms with E-state index in [2.05, 4.69) is 54.8 Å². The molecule has 132 valence electrons. The lowest BCUT2D eigenvalue weighted by atomic mass is 10.1. The minimum absolute atomic E-state index is 0.563. The maximum atomic E-state index is 4.58. The number of fused-ring (bicyclic) bond motifs is 2. The summed E-state index contributed by atoms with van der Waals surface area (Å²) in [4.78, 5) is 15.4. The van der Waals surface area contributed by atoms with Crippen LogP contribution in [-0.2, 0) is 6.54 Å². The quantitative estimate of drug-likeness (QED) is 0.366. The summed E-state index contributed by atoms with van der Waals surface area (Å²) in [6.45, 7) is 0.693. The van der Waals surface area contributed by atoms with E-state index < -0.39 is 0 Å². The number of aromatic nitrogens is 4. The van der Waals surface area contributed by atoms with Gasteiger partial charge in [-0.2, -0.15) is 4.98 Å². The molecule has 0 atom stereocenters. The molecule has 0 aliphatic carbocycles. The third kappa shape index (κ3) is 3.08. The fraction of sp³-hybridized carbons (Fsp3) is 0.0476. The smallest absolute Gasteiger partial charge is 0.229 e. The lowest BCUT2D eigenvalue weighted by Gasteiger charge is -2.09. The Kier molecular flexibility index (Phi) is 3.72. The van der Waals surface area contributed by atoms with Crippen LogP contribution in [0, 0.1) is 0 Å². The van der Waals surface area contributed by atoms with E-state index in [9.17, 15) is 0 Å². The average Bonchev–Trinajstić information content (AvgIpc) is 3.36. The van der Waals surface area contributed by atoms with E-state index in [1.165, 1.54) is 10.9 Å². The number of hydrogen-bond donors (Lipinski definition) is 4. The van der Waals surface area contributed by atoms with E-state index in [1.54, 1.807) is 6.20 Å². The summed E-state index contributed by atoms with van der Waals surface area (Å²) in [5.74, 6) is 1.34. The summed E-state index contributed by atoms with van der Waals surface area (Å²) in [6.07, 6.45) is 5.63. The van der Waals surface area contributed by atoms with Crippen molar-refractivity contribution in [2.75, 3.05) is 10.6 Å². The van der Waals surface area contributed by atoms with Crippen LogP contribution in [-0.4, -0.2) is 19.9 Å². The second kappa shape index (κ2) is 6.49. The molecule has 4 N–H and O–H groups in total. The van der Waals surface area contributed by atoms with E-state index >= 15 is 0 Å². The van der Waals surface area contributed by atoms with Crippen LogP contribution < -0.4 is 10.6 Å². The molecule has 3 aromatic heterocycles. The van der Waals surface area contributed by atoms with Gasteiger partial charge in [0.25, 0.3) is 0 Å². The highest BCUT2D eigenvalue weighted by molar-refractivity contribution is 5.93. The van der Waals surface area contributed by atoms with E-state index in [-0.39, 0.29) is 0 Å². The monoisotopic (exact) mass is 354 g/mol. The Bertz CT molecular complexity index is 1220. The number of anilines is 3. The van der Waals surface area contributed by atoms with Crippen molar-refractivity contribution < 1.29 is 0 Å². The average molecular weight is 354 g/mol. The van der Waals surface area contributed by atoms with Crippen LogP contribution in [0.4, 0.5) is 17.5 Å². The fourth-order valence-electron chi connectivity index (χ4n) is 3.23. The largest absolute Gasteiger partial charge is 0.366 e. The van der Waals surface area contributed by atoms with Crippen molar-refractivity contribution in [1.29, 1.82) is 0 Å². The topological polar surface area (TPSA) is 81.4 Å². The van der Waals surface area contributed by atoms with Gasteiger partial charge in [0.15, 0.2) is 0 Å². The molecule has 5 aromatic rings. The molecule has 5 rings (SSSR count). The Balaban J connectivity index is 1.33. The number of nitrogens with zero attached hydrogens (tertiary/aromatic N) is 2. The molecule has 0 bridgehead atoms. The zero-order chi connectivity index (χ0) is 18.1. The van der Waals surface area contributed by atoms with Crippen molar-refractivity contribution in [2.45, 2.75) is 6.54 Å². The van der Waals surface area contributed by atoms with Gasteiger partial charge in [-0.05, 0) is 47.3 Å². The molecular weight excluding hydrogens is 336 g/mol. The zero-order valence-electron chi connectivity index (χ0n) is 14.5.